The van der Waals surface area contributed by atoms with Gasteiger partial charge in [-0.2, -0.15) is 0 Å². The van der Waals surface area contributed by atoms with Crippen molar-refractivity contribution in [2.24, 2.45) is 11.5 Å². The number of nitrogens with zero attached hydrogens (tertiary/aromatic N) is 2. The second-order valence-electron chi connectivity index (χ2n) is 7.21. The Hall–Kier alpha value is -2.84. The van der Waals surface area contributed by atoms with Crippen LogP contribution in [0.3, 0.4) is 0 Å². The van der Waals surface area contributed by atoms with Gasteiger partial charge in [-0.15, -0.1) is 0 Å². The highest BCUT2D eigenvalue weighted by atomic mass is 16.5. The van der Waals surface area contributed by atoms with Gasteiger partial charge < -0.3 is 20.9 Å². The molecular weight excluding hydrogens is 396 g/mol. The minimum absolute atomic E-state index is 0.0675. The van der Waals surface area contributed by atoms with Crippen LogP contribution in [0.5, 0.6) is 0 Å². The van der Waals surface area contributed by atoms with Crippen molar-refractivity contribution in [1.82, 2.24) is 9.97 Å². The Kier molecular flexibility index (Phi) is 12.7. The average Bonchev–Trinajstić information content (AvgIpc) is 2.77. The van der Waals surface area contributed by atoms with Crippen LogP contribution in [0.15, 0.2) is 49.1 Å². The third kappa shape index (κ3) is 11.8. The Morgan fingerprint density at radius 3 is 1.77 bits per heavy atom. The summed E-state index contributed by atoms with van der Waals surface area (Å²) in [7, 11) is 0. The van der Waals surface area contributed by atoms with Crippen molar-refractivity contribution >= 4 is 11.9 Å². The van der Waals surface area contributed by atoms with E-state index >= 15 is 0 Å². The summed E-state index contributed by atoms with van der Waals surface area (Å²) >= 11 is 0. The smallest absolute Gasteiger partial charge is 0.306 e. The molecule has 0 saturated carbocycles. The maximum atomic E-state index is 11.3. The molecule has 31 heavy (non-hydrogen) atoms. The lowest BCUT2D eigenvalue weighted by Crippen LogP contribution is -2.16. The predicted octanol–water partition coefficient (Wildman–Crippen LogP) is 3.24. The lowest BCUT2D eigenvalue weighted by atomic mass is 10.1. The van der Waals surface area contributed by atoms with Gasteiger partial charge in [0.25, 0.3) is 0 Å². The molecule has 0 bridgehead atoms. The Bertz CT molecular complexity index is 757. The first-order chi connectivity index (χ1) is 14.8. The van der Waals surface area contributed by atoms with Crippen LogP contribution in [0.2, 0.25) is 0 Å². The molecule has 2 aromatic heterocycles. The van der Waals surface area contributed by atoms with Crippen molar-refractivity contribution in [3.63, 3.8) is 0 Å². The van der Waals surface area contributed by atoms with Crippen LogP contribution in [0.25, 0.3) is 0 Å². The summed E-state index contributed by atoms with van der Waals surface area (Å²) in [4.78, 5) is 30.3. The van der Waals surface area contributed by atoms with Crippen molar-refractivity contribution < 1.29 is 19.1 Å². The minimum Gasteiger partial charge on any atom is -0.466 e. The van der Waals surface area contributed by atoms with Crippen molar-refractivity contribution in [1.29, 1.82) is 0 Å². The number of hydrogen-bond acceptors (Lipinski definition) is 8. The third-order valence-electron chi connectivity index (χ3n) is 4.22. The molecule has 2 atom stereocenters. The van der Waals surface area contributed by atoms with Crippen LogP contribution in [-0.2, 0) is 19.1 Å². The van der Waals surface area contributed by atoms with Gasteiger partial charge in [0.1, 0.15) is 0 Å². The molecule has 170 valence electrons. The van der Waals surface area contributed by atoms with Crippen LogP contribution in [-0.4, -0.2) is 34.6 Å². The number of ether oxygens (including phenoxy) is 2. The van der Waals surface area contributed by atoms with E-state index in [4.69, 9.17) is 20.9 Å². The summed E-state index contributed by atoms with van der Waals surface area (Å²) in [6, 6.07) is 7.17. The molecule has 2 unspecified atom stereocenters. The van der Waals surface area contributed by atoms with E-state index < -0.39 is 0 Å². The van der Waals surface area contributed by atoms with Crippen molar-refractivity contribution in [2.75, 3.05) is 6.61 Å². The van der Waals surface area contributed by atoms with E-state index in [0.717, 1.165) is 11.1 Å². The van der Waals surface area contributed by atoms with Gasteiger partial charge in [-0.05, 0) is 56.9 Å². The Balaban J connectivity index is 0.000000311. The number of rotatable bonds is 10. The monoisotopic (exact) mass is 430 g/mol. The summed E-state index contributed by atoms with van der Waals surface area (Å²) in [5.74, 6) is -0.397. The molecular formula is C23H34N4O4. The topological polar surface area (TPSA) is 130 Å². The molecule has 0 amide bonds. The van der Waals surface area contributed by atoms with E-state index in [2.05, 4.69) is 9.97 Å². The zero-order chi connectivity index (χ0) is 23.1. The van der Waals surface area contributed by atoms with Crippen LogP contribution in [0, 0.1) is 0 Å². The zero-order valence-electron chi connectivity index (χ0n) is 18.6. The first-order valence-corrected chi connectivity index (χ1v) is 10.5. The fourth-order valence-corrected chi connectivity index (χ4v) is 2.63. The molecule has 0 fully saturated rings. The van der Waals surface area contributed by atoms with Gasteiger partial charge >= 0.3 is 11.9 Å². The molecule has 0 radical (unpaired) electrons. The van der Waals surface area contributed by atoms with Crippen molar-refractivity contribution in [3.05, 3.63) is 60.2 Å². The van der Waals surface area contributed by atoms with E-state index in [0.29, 0.717) is 32.3 Å². The van der Waals surface area contributed by atoms with Gasteiger partial charge in [-0.3, -0.25) is 19.6 Å². The quantitative estimate of drug-likeness (QED) is 0.549. The number of nitrogens with two attached hydrogens (primary N) is 2. The lowest BCUT2D eigenvalue weighted by molar-refractivity contribution is -0.147. The molecule has 2 rings (SSSR count). The molecule has 0 aromatic carbocycles. The number of esters is 2. The van der Waals surface area contributed by atoms with Gasteiger partial charge in [-0.1, -0.05) is 12.1 Å². The summed E-state index contributed by atoms with van der Waals surface area (Å²) < 4.78 is 9.84. The summed E-state index contributed by atoms with van der Waals surface area (Å²) in [6.45, 7) is 5.87. The first kappa shape index (κ1) is 26.2. The Morgan fingerprint density at radius 1 is 0.903 bits per heavy atom. The second-order valence-corrected chi connectivity index (χ2v) is 7.21. The number of pyridine rings is 2. The molecule has 4 N–H and O–H groups in total. The molecule has 0 aliphatic rings. The second kappa shape index (κ2) is 15.0. The summed E-state index contributed by atoms with van der Waals surface area (Å²) in [5, 5.41) is 0. The van der Waals surface area contributed by atoms with Gasteiger partial charge in [0, 0.05) is 49.7 Å². The molecule has 0 spiro atoms. The SMILES string of the molecule is CC(C)OC(=O)CCC(N)c1cccnc1.CCOC(=O)CCC(N)c1cccnc1. The molecule has 2 heterocycles. The summed E-state index contributed by atoms with van der Waals surface area (Å²) in [5.41, 5.74) is 13.7. The molecule has 2 aromatic rings. The maximum absolute atomic E-state index is 11.3. The number of carbonyl (C=O) groups is 2. The predicted molar refractivity (Wildman–Crippen MR) is 119 cm³/mol. The number of hydrogen-bond donors (Lipinski definition) is 2. The van der Waals surface area contributed by atoms with Gasteiger partial charge in [-0.25, -0.2) is 0 Å². The standard InChI is InChI=1S/C12H18N2O2.C11H16N2O2/c1-9(2)16-12(15)6-5-11(13)10-4-3-7-14-8-10;1-2-15-11(14)6-5-10(12)9-4-3-7-13-8-9/h3-4,7-9,11H,5-6,13H2,1-2H3;3-4,7-8,10H,2,5-6,12H2,1H3. The lowest BCUT2D eigenvalue weighted by Gasteiger charge is -2.12. The third-order valence-corrected chi connectivity index (χ3v) is 4.22. The van der Waals surface area contributed by atoms with E-state index in [-0.39, 0.29) is 30.1 Å². The summed E-state index contributed by atoms with van der Waals surface area (Å²) in [6.07, 6.45) is 8.63. The highest BCUT2D eigenvalue weighted by Gasteiger charge is 2.11. The highest BCUT2D eigenvalue weighted by molar-refractivity contribution is 5.69. The van der Waals surface area contributed by atoms with Crippen LogP contribution in [0.1, 0.15) is 69.7 Å². The number of carbonyl (C=O) groups excluding carboxylic acids is 2. The van der Waals surface area contributed by atoms with E-state index in [1.165, 1.54) is 0 Å². The van der Waals surface area contributed by atoms with E-state index in [1.54, 1.807) is 31.7 Å². The first-order valence-electron chi connectivity index (χ1n) is 10.5. The molecule has 8 heteroatoms. The molecule has 8 nitrogen and oxygen atoms in total. The van der Waals surface area contributed by atoms with E-state index in [1.807, 2.05) is 38.1 Å². The fourth-order valence-electron chi connectivity index (χ4n) is 2.63. The average molecular weight is 431 g/mol. The van der Waals surface area contributed by atoms with Crippen LogP contribution < -0.4 is 11.5 Å². The minimum atomic E-state index is -0.200. The molecule has 0 aliphatic carbocycles. The van der Waals surface area contributed by atoms with Gasteiger partial charge in [0.15, 0.2) is 0 Å². The van der Waals surface area contributed by atoms with E-state index in [9.17, 15) is 9.59 Å². The van der Waals surface area contributed by atoms with Gasteiger partial charge in [0.05, 0.1) is 12.7 Å². The van der Waals surface area contributed by atoms with Gasteiger partial charge in [0.2, 0.25) is 0 Å². The van der Waals surface area contributed by atoms with Crippen LogP contribution >= 0.6 is 0 Å². The maximum Gasteiger partial charge on any atom is 0.306 e. The fraction of sp³-hybridized carbons (Fsp3) is 0.478. The largest absolute Gasteiger partial charge is 0.466 e. The molecule has 0 aliphatic heterocycles. The van der Waals surface area contributed by atoms with Crippen LogP contribution in [0.4, 0.5) is 0 Å². The Labute approximate surface area is 184 Å². The normalized spacial score (nSPS) is 12.3. The number of aromatic nitrogens is 2. The van der Waals surface area contributed by atoms with Crippen molar-refractivity contribution in [2.45, 2.75) is 64.6 Å². The van der Waals surface area contributed by atoms with Crippen molar-refractivity contribution in [3.8, 4) is 0 Å². The zero-order valence-corrected chi connectivity index (χ0v) is 18.6. The highest BCUT2D eigenvalue weighted by Crippen LogP contribution is 2.15. The molecule has 0 saturated heterocycles. The Morgan fingerprint density at radius 2 is 1.39 bits per heavy atom.